The van der Waals surface area contributed by atoms with Crippen LogP contribution in [0.1, 0.15) is 251 Å². The lowest BCUT2D eigenvalue weighted by atomic mass is 10.0. The molecule has 0 aromatic rings. The maximum atomic E-state index is 12.9. The first-order valence-corrected chi connectivity index (χ1v) is 29.7. The van der Waals surface area contributed by atoms with Gasteiger partial charge in [-0.25, -0.2) is 4.57 Å². The number of hydrogen-bond donors (Lipinski definition) is 3. The highest BCUT2D eigenvalue weighted by atomic mass is 31.2. The van der Waals surface area contributed by atoms with Gasteiger partial charge in [-0.2, -0.15) is 0 Å². The molecule has 0 rings (SSSR count). The average molecular weight is 962 g/mol. The Morgan fingerprint density at radius 1 is 0.507 bits per heavy atom. The highest BCUT2D eigenvalue weighted by molar-refractivity contribution is 7.47. The van der Waals surface area contributed by atoms with Crippen LogP contribution in [0.25, 0.3) is 0 Å². The third kappa shape index (κ3) is 51.9. The number of nitrogens with zero attached hydrogens (tertiary/aromatic N) is 1. The maximum Gasteiger partial charge on any atom is 0.472 e. The summed E-state index contributed by atoms with van der Waals surface area (Å²) in [5.41, 5.74) is 0. The summed E-state index contributed by atoms with van der Waals surface area (Å²) < 4.78 is 23.6. The van der Waals surface area contributed by atoms with Crippen LogP contribution >= 0.6 is 7.82 Å². The van der Waals surface area contributed by atoms with Gasteiger partial charge in [0.15, 0.2) is 0 Å². The third-order valence-electron chi connectivity index (χ3n) is 12.4. The molecule has 9 heteroatoms. The Kier molecular flexibility index (Phi) is 47.9. The van der Waals surface area contributed by atoms with Crippen LogP contribution < -0.4 is 5.32 Å². The largest absolute Gasteiger partial charge is 0.472 e. The summed E-state index contributed by atoms with van der Waals surface area (Å²) in [6.45, 7) is 4.74. The molecule has 0 aliphatic carbocycles. The first kappa shape index (κ1) is 65.2. The lowest BCUT2D eigenvalue weighted by Crippen LogP contribution is -2.45. The van der Waals surface area contributed by atoms with E-state index in [4.69, 9.17) is 9.05 Å². The number of amides is 1. The smallest absolute Gasteiger partial charge is 0.387 e. The number of rotatable bonds is 51. The first-order chi connectivity index (χ1) is 32.5. The molecule has 3 unspecified atom stereocenters. The van der Waals surface area contributed by atoms with E-state index in [0.717, 1.165) is 70.6 Å². The monoisotopic (exact) mass is 962 g/mol. The van der Waals surface area contributed by atoms with Crippen molar-refractivity contribution in [3.63, 3.8) is 0 Å². The lowest BCUT2D eigenvalue weighted by molar-refractivity contribution is -0.870. The molecule has 0 aliphatic heterocycles. The summed E-state index contributed by atoms with van der Waals surface area (Å²) in [5.74, 6) is -0.206. The normalized spacial score (nSPS) is 14.4. The number of phosphoric ester groups is 1. The molecule has 0 saturated heterocycles. The summed E-state index contributed by atoms with van der Waals surface area (Å²) in [6.07, 6.45) is 66.3. The molecule has 0 heterocycles. The van der Waals surface area contributed by atoms with Crippen molar-refractivity contribution in [3.05, 3.63) is 60.8 Å². The zero-order valence-electron chi connectivity index (χ0n) is 44.6. The molecule has 0 aromatic carbocycles. The molecule has 1 amide bonds. The molecular weight excluding hydrogens is 852 g/mol. The Labute approximate surface area is 415 Å². The number of phosphoric acid groups is 1. The van der Waals surface area contributed by atoms with E-state index in [9.17, 15) is 19.4 Å². The van der Waals surface area contributed by atoms with Crippen molar-refractivity contribution in [1.82, 2.24) is 5.32 Å². The van der Waals surface area contributed by atoms with Gasteiger partial charge < -0.3 is 19.8 Å². The van der Waals surface area contributed by atoms with Crippen molar-refractivity contribution >= 4 is 13.7 Å². The van der Waals surface area contributed by atoms with Gasteiger partial charge in [0.25, 0.3) is 0 Å². The standard InChI is InChI=1S/C58H109N2O6P/c1-6-8-10-12-14-16-18-20-22-23-24-25-26-27-28-29-30-31-32-33-34-35-36-37-38-39-41-43-45-47-49-51-57(61)56(55-66-67(63,64)65-54-53-60(3,4)5)59-58(62)52-50-48-46-44-42-40-21-19-17-15-13-11-9-7-2/h13,15,19,21,36-37,41,43,49,51,56-57,61H,6-12,14,16-18,20,22-35,38-40,42,44-48,50,52-55H2,1-5H3,(H-,59,62,63,64)/p+1/b15-13-,21-19-,37-36+,43-41+,51-49+. The molecular formula is C58H110N2O6P+. The predicted molar refractivity (Wildman–Crippen MR) is 290 cm³/mol. The highest BCUT2D eigenvalue weighted by Gasteiger charge is 2.27. The molecule has 0 radical (unpaired) electrons. The van der Waals surface area contributed by atoms with E-state index in [-0.39, 0.29) is 19.1 Å². The molecule has 0 spiro atoms. The molecule has 0 aromatic heterocycles. The fourth-order valence-electron chi connectivity index (χ4n) is 7.97. The minimum Gasteiger partial charge on any atom is -0.387 e. The van der Waals surface area contributed by atoms with Crippen LogP contribution in [0.2, 0.25) is 0 Å². The molecule has 3 atom stereocenters. The number of quaternary nitrogens is 1. The summed E-state index contributed by atoms with van der Waals surface area (Å²) in [5, 5.41) is 13.9. The number of carbonyl (C=O) groups is 1. The summed E-state index contributed by atoms with van der Waals surface area (Å²) in [7, 11) is 1.53. The SMILES string of the molecule is CCCC/C=C\C/C=C\CCCCCCCC(=O)NC(COP(=O)(O)OCC[N+](C)(C)C)C(O)/C=C/CC/C=C/CC/C=C/CCCCCCCCCCCCCCCCCCCCCCC. The molecule has 0 aliphatic rings. The molecule has 8 nitrogen and oxygen atoms in total. The van der Waals surface area contributed by atoms with Gasteiger partial charge in [0.05, 0.1) is 39.9 Å². The van der Waals surface area contributed by atoms with E-state index in [1.165, 1.54) is 161 Å². The van der Waals surface area contributed by atoms with Crippen LogP contribution in [0, 0.1) is 0 Å². The second-order valence-corrected chi connectivity index (χ2v) is 21.7. The fraction of sp³-hybridized carbons (Fsp3) is 0.810. The van der Waals surface area contributed by atoms with E-state index in [2.05, 4.69) is 67.8 Å². The van der Waals surface area contributed by atoms with Crippen LogP contribution in [0.4, 0.5) is 0 Å². The van der Waals surface area contributed by atoms with Crippen LogP contribution in [-0.4, -0.2) is 73.4 Å². The molecule has 0 bridgehead atoms. The average Bonchev–Trinajstić information content (AvgIpc) is 3.29. The number of unbranched alkanes of at least 4 members (excludes halogenated alkanes) is 30. The Morgan fingerprint density at radius 2 is 0.881 bits per heavy atom. The van der Waals surface area contributed by atoms with Crippen molar-refractivity contribution in [2.24, 2.45) is 0 Å². The summed E-state index contributed by atoms with van der Waals surface area (Å²) in [4.78, 5) is 23.2. The Bertz CT molecular complexity index is 1270. The van der Waals surface area contributed by atoms with E-state index in [0.29, 0.717) is 17.4 Å². The second-order valence-electron chi connectivity index (χ2n) is 20.3. The van der Waals surface area contributed by atoms with Gasteiger partial charge in [-0.3, -0.25) is 13.8 Å². The highest BCUT2D eigenvalue weighted by Crippen LogP contribution is 2.43. The Morgan fingerprint density at radius 3 is 1.33 bits per heavy atom. The zero-order chi connectivity index (χ0) is 49.2. The number of aliphatic hydroxyl groups is 1. The van der Waals surface area contributed by atoms with Crippen molar-refractivity contribution in [3.8, 4) is 0 Å². The van der Waals surface area contributed by atoms with Crippen molar-refractivity contribution in [2.75, 3.05) is 40.9 Å². The number of nitrogens with one attached hydrogen (secondary N) is 1. The number of aliphatic hydroxyl groups excluding tert-OH is 1. The number of carbonyl (C=O) groups excluding carboxylic acids is 1. The van der Waals surface area contributed by atoms with Gasteiger partial charge in [0.2, 0.25) is 5.91 Å². The second kappa shape index (κ2) is 49.2. The van der Waals surface area contributed by atoms with Crippen LogP contribution in [0.15, 0.2) is 60.8 Å². The molecule has 392 valence electrons. The van der Waals surface area contributed by atoms with E-state index in [1.54, 1.807) is 6.08 Å². The van der Waals surface area contributed by atoms with E-state index in [1.807, 2.05) is 27.2 Å². The fourth-order valence-corrected chi connectivity index (χ4v) is 8.71. The zero-order valence-corrected chi connectivity index (χ0v) is 45.5. The number of allylic oxidation sites excluding steroid dienone is 9. The number of hydrogen-bond acceptors (Lipinski definition) is 5. The minimum atomic E-state index is -4.36. The predicted octanol–water partition coefficient (Wildman–Crippen LogP) is 16.9. The van der Waals surface area contributed by atoms with E-state index < -0.39 is 20.0 Å². The van der Waals surface area contributed by atoms with Gasteiger partial charge in [-0.15, -0.1) is 0 Å². The van der Waals surface area contributed by atoms with Crippen molar-refractivity contribution in [2.45, 2.75) is 264 Å². The quantitative estimate of drug-likeness (QED) is 0.0243. The van der Waals surface area contributed by atoms with Crippen molar-refractivity contribution in [1.29, 1.82) is 0 Å². The Hall–Kier alpha value is -1.80. The first-order valence-electron chi connectivity index (χ1n) is 28.2. The van der Waals surface area contributed by atoms with Gasteiger partial charge in [-0.1, -0.05) is 235 Å². The van der Waals surface area contributed by atoms with Gasteiger partial charge >= 0.3 is 7.82 Å². The summed E-state index contributed by atoms with van der Waals surface area (Å²) in [6, 6.07) is -0.879. The number of likely N-dealkylation sites (N-methyl/N-ethyl adjacent to an activating group) is 1. The third-order valence-corrected chi connectivity index (χ3v) is 13.4. The maximum absolute atomic E-state index is 12.9. The van der Waals surface area contributed by atoms with Crippen LogP contribution in [0.5, 0.6) is 0 Å². The van der Waals surface area contributed by atoms with Crippen LogP contribution in [0.3, 0.4) is 0 Å². The van der Waals surface area contributed by atoms with Gasteiger partial charge in [-0.05, 0) is 70.6 Å². The topological polar surface area (TPSA) is 105 Å². The van der Waals surface area contributed by atoms with Crippen molar-refractivity contribution < 1.29 is 32.9 Å². The Balaban J connectivity index is 4.21. The summed E-state index contributed by atoms with van der Waals surface area (Å²) >= 11 is 0. The van der Waals surface area contributed by atoms with E-state index >= 15 is 0 Å². The molecule has 0 saturated carbocycles. The lowest BCUT2D eigenvalue weighted by Gasteiger charge is -2.25. The van der Waals surface area contributed by atoms with Gasteiger partial charge in [0.1, 0.15) is 13.2 Å². The van der Waals surface area contributed by atoms with Crippen LogP contribution in [-0.2, 0) is 18.4 Å². The molecule has 3 N–H and O–H groups in total. The van der Waals surface area contributed by atoms with Gasteiger partial charge in [0, 0.05) is 6.42 Å². The minimum absolute atomic E-state index is 0.0486. The molecule has 0 fully saturated rings. The molecule has 67 heavy (non-hydrogen) atoms.